The maximum atomic E-state index is 12.0. The minimum absolute atomic E-state index is 0.195. The predicted molar refractivity (Wildman–Crippen MR) is 78.8 cm³/mol. The summed E-state index contributed by atoms with van der Waals surface area (Å²) in [6.45, 7) is 4.70. The molecule has 0 aromatic heterocycles. The van der Waals surface area contributed by atoms with Crippen LogP contribution in [0.25, 0.3) is 0 Å². The van der Waals surface area contributed by atoms with Crippen molar-refractivity contribution in [3.63, 3.8) is 0 Å². The lowest BCUT2D eigenvalue weighted by molar-refractivity contribution is -0.130. The Morgan fingerprint density at radius 2 is 1.90 bits per heavy atom. The maximum absolute atomic E-state index is 12.0. The molecule has 0 aliphatic carbocycles. The van der Waals surface area contributed by atoms with Gasteiger partial charge in [-0.3, -0.25) is 9.69 Å². The predicted octanol–water partition coefficient (Wildman–Crippen LogP) is 1.24. The molecule has 0 radical (unpaired) electrons. The van der Waals surface area contributed by atoms with Crippen molar-refractivity contribution in [3.05, 3.63) is 29.8 Å². The summed E-state index contributed by atoms with van der Waals surface area (Å²) in [5.41, 5.74) is 5.76. The molecule has 1 aliphatic rings. The molecule has 0 bridgehead atoms. The Bertz CT molecular complexity index is 525. The van der Waals surface area contributed by atoms with Crippen LogP contribution in [0.3, 0.4) is 0 Å². The van der Waals surface area contributed by atoms with Crippen LogP contribution in [0.2, 0.25) is 0 Å². The first-order valence-electron chi connectivity index (χ1n) is 7.00. The minimum Gasteiger partial charge on any atom is -0.494 e. The van der Waals surface area contributed by atoms with Crippen LogP contribution in [0.15, 0.2) is 24.3 Å². The molecule has 1 fully saturated rings. The standard InChI is InChI=1S/C15H21N3O3/c1-15(2)13(19)18(14(20)17-15)8-3-9-21-12-6-4-11(10-16)5-7-12/h4-7H,3,8-10,16H2,1-2H3,(H,17,20). The second-order valence-corrected chi connectivity index (χ2v) is 5.56. The van der Waals surface area contributed by atoms with Crippen molar-refractivity contribution >= 4 is 11.9 Å². The molecule has 0 saturated carbocycles. The monoisotopic (exact) mass is 291 g/mol. The molecule has 3 amide bonds. The van der Waals surface area contributed by atoms with E-state index in [0.29, 0.717) is 26.1 Å². The van der Waals surface area contributed by atoms with Gasteiger partial charge in [-0.05, 0) is 38.0 Å². The number of benzene rings is 1. The summed E-state index contributed by atoms with van der Waals surface area (Å²) >= 11 is 0. The van der Waals surface area contributed by atoms with E-state index >= 15 is 0 Å². The molecular weight excluding hydrogens is 270 g/mol. The number of nitrogens with two attached hydrogens (primary N) is 1. The van der Waals surface area contributed by atoms with E-state index in [0.717, 1.165) is 11.3 Å². The van der Waals surface area contributed by atoms with Crippen LogP contribution in [0.4, 0.5) is 4.79 Å². The molecule has 6 nitrogen and oxygen atoms in total. The number of rotatable bonds is 6. The number of carbonyl (C=O) groups excluding carboxylic acids is 2. The number of hydrogen-bond donors (Lipinski definition) is 2. The summed E-state index contributed by atoms with van der Waals surface area (Å²) in [7, 11) is 0. The molecule has 1 aromatic rings. The molecule has 1 heterocycles. The SMILES string of the molecule is CC1(C)NC(=O)N(CCCOc2ccc(CN)cc2)C1=O. The molecule has 1 saturated heterocycles. The number of nitrogens with one attached hydrogen (secondary N) is 1. The topological polar surface area (TPSA) is 84.7 Å². The Labute approximate surface area is 124 Å². The van der Waals surface area contributed by atoms with E-state index in [1.54, 1.807) is 13.8 Å². The number of carbonyl (C=O) groups is 2. The van der Waals surface area contributed by atoms with Crippen LogP contribution in [0.1, 0.15) is 25.8 Å². The van der Waals surface area contributed by atoms with Crippen molar-refractivity contribution in [1.29, 1.82) is 0 Å². The number of urea groups is 1. The number of amides is 3. The van der Waals surface area contributed by atoms with Gasteiger partial charge in [-0.15, -0.1) is 0 Å². The van der Waals surface area contributed by atoms with Crippen molar-refractivity contribution in [2.45, 2.75) is 32.4 Å². The van der Waals surface area contributed by atoms with Crippen molar-refractivity contribution in [2.75, 3.05) is 13.2 Å². The second kappa shape index (κ2) is 6.13. The van der Waals surface area contributed by atoms with Gasteiger partial charge < -0.3 is 15.8 Å². The van der Waals surface area contributed by atoms with Crippen LogP contribution in [0, 0.1) is 0 Å². The molecule has 21 heavy (non-hydrogen) atoms. The largest absolute Gasteiger partial charge is 0.494 e. The fourth-order valence-electron chi connectivity index (χ4n) is 2.16. The average molecular weight is 291 g/mol. The number of nitrogens with zero attached hydrogens (tertiary/aromatic N) is 1. The summed E-state index contributed by atoms with van der Waals surface area (Å²) in [4.78, 5) is 24.9. The van der Waals surface area contributed by atoms with Gasteiger partial charge >= 0.3 is 6.03 Å². The Hall–Kier alpha value is -2.08. The van der Waals surface area contributed by atoms with Crippen molar-refractivity contribution in [1.82, 2.24) is 10.2 Å². The van der Waals surface area contributed by atoms with Crippen LogP contribution < -0.4 is 15.8 Å². The Kier molecular flexibility index (Phi) is 4.47. The fourth-order valence-corrected chi connectivity index (χ4v) is 2.16. The molecule has 2 rings (SSSR count). The van der Waals surface area contributed by atoms with Crippen molar-refractivity contribution in [3.8, 4) is 5.75 Å². The molecular formula is C15H21N3O3. The normalized spacial score (nSPS) is 17.0. The van der Waals surface area contributed by atoms with Crippen molar-refractivity contribution in [2.24, 2.45) is 5.73 Å². The van der Waals surface area contributed by atoms with Gasteiger partial charge in [-0.25, -0.2) is 4.79 Å². The van der Waals surface area contributed by atoms with Gasteiger partial charge in [0.1, 0.15) is 11.3 Å². The Morgan fingerprint density at radius 3 is 2.43 bits per heavy atom. The van der Waals surface area contributed by atoms with E-state index in [1.807, 2.05) is 24.3 Å². The smallest absolute Gasteiger partial charge is 0.325 e. The average Bonchev–Trinajstić information content (AvgIpc) is 2.65. The molecule has 1 aromatic carbocycles. The first-order chi connectivity index (χ1) is 9.94. The third-order valence-electron chi connectivity index (χ3n) is 3.40. The zero-order valence-electron chi connectivity index (χ0n) is 12.4. The molecule has 0 atom stereocenters. The highest BCUT2D eigenvalue weighted by Crippen LogP contribution is 2.17. The second-order valence-electron chi connectivity index (χ2n) is 5.56. The summed E-state index contributed by atoms with van der Waals surface area (Å²) in [6.07, 6.45) is 0.591. The van der Waals surface area contributed by atoms with Gasteiger partial charge in [0.15, 0.2) is 0 Å². The zero-order chi connectivity index (χ0) is 15.5. The molecule has 0 spiro atoms. The fraction of sp³-hybridized carbons (Fsp3) is 0.467. The summed E-state index contributed by atoms with van der Waals surface area (Å²) in [5, 5.41) is 2.65. The highest BCUT2D eigenvalue weighted by atomic mass is 16.5. The first-order valence-corrected chi connectivity index (χ1v) is 7.00. The van der Waals surface area contributed by atoms with Gasteiger partial charge in [0.05, 0.1) is 6.61 Å². The first kappa shape index (κ1) is 15.3. The van der Waals surface area contributed by atoms with E-state index < -0.39 is 5.54 Å². The van der Waals surface area contributed by atoms with Crippen LogP contribution >= 0.6 is 0 Å². The van der Waals surface area contributed by atoms with E-state index in [2.05, 4.69) is 5.32 Å². The van der Waals surface area contributed by atoms with Gasteiger partial charge in [-0.2, -0.15) is 0 Å². The number of hydrogen-bond acceptors (Lipinski definition) is 4. The lowest BCUT2D eigenvalue weighted by atomic mass is 10.1. The van der Waals surface area contributed by atoms with Crippen LogP contribution in [0.5, 0.6) is 5.75 Å². The van der Waals surface area contributed by atoms with Gasteiger partial charge in [0, 0.05) is 13.1 Å². The van der Waals surface area contributed by atoms with E-state index in [9.17, 15) is 9.59 Å². The molecule has 0 unspecified atom stereocenters. The van der Waals surface area contributed by atoms with E-state index in [1.165, 1.54) is 4.90 Å². The molecule has 1 aliphatic heterocycles. The summed E-state index contributed by atoms with van der Waals surface area (Å²) in [5.74, 6) is 0.560. The lowest BCUT2D eigenvalue weighted by Crippen LogP contribution is -2.40. The van der Waals surface area contributed by atoms with Crippen molar-refractivity contribution < 1.29 is 14.3 Å². The summed E-state index contributed by atoms with van der Waals surface area (Å²) < 4.78 is 5.58. The maximum Gasteiger partial charge on any atom is 0.325 e. The van der Waals surface area contributed by atoms with E-state index in [4.69, 9.17) is 10.5 Å². The molecule has 6 heteroatoms. The van der Waals surface area contributed by atoms with E-state index in [-0.39, 0.29) is 11.9 Å². The number of imide groups is 1. The third kappa shape index (κ3) is 3.52. The third-order valence-corrected chi connectivity index (χ3v) is 3.40. The summed E-state index contributed by atoms with van der Waals surface area (Å²) in [6, 6.07) is 7.21. The highest BCUT2D eigenvalue weighted by molar-refractivity contribution is 6.06. The Morgan fingerprint density at radius 1 is 1.24 bits per heavy atom. The lowest BCUT2D eigenvalue weighted by Gasteiger charge is -2.16. The van der Waals surface area contributed by atoms with Gasteiger partial charge in [0.25, 0.3) is 5.91 Å². The van der Waals surface area contributed by atoms with Gasteiger partial charge in [-0.1, -0.05) is 12.1 Å². The number of ether oxygens (including phenoxy) is 1. The van der Waals surface area contributed by atoms with Crippen LogP contribution in [-0.4, -0.2) is 35.5 Å². The van der Waals surface area contributed by atoms with Gasteiger partial charge in [0.2, 0.25) is 0 Å². The van der Waals surface area contributed by atoms with Crippen LogP contribution in [-0.2, 0) is 11.3 Å². The zero-order valence-corrected chi connectivity index (χ0v) is 12.4. The highest BCUT2D eigenvalue weighted by Gasteiger charge is 2.43. The quantitative estimate of drug-likeness (QED) is 0.610. The molecule has 114 valence electrons. The Balaban J connectivity index is 1.77. The molecule has 3 N–H and O–H groups in total. The minimum atomic E-state index is -0.810.